The van der Waals surface area contributed by atoms with Gasteiger partial charge in [0.1, 0.15) is 5.76 Å². The number of rotatable bonds is 2. The van der Waals surface area contributed by atoms with Gasteiger partial charge in [0.2, 0.25) is 0 Å². The number of hydrogen-bond acceptors (Lipinski definition) is 3. The quantitative estimate of drug-likeness (QED) is 0.880. The van der Waals surface area contributed by atoms with E-state index in [4.69, 9.17) is 21.9 Å². The van der Waals surface area contributed by atoms with Gasteiger partial charge < -0.3 is 10.3 Å². The van der Waals surface area contributed by atoms with Crippen molar-refractivity contribution in [2.24, 2.45) is 5.92 Å². The topological polar surface area (TPSA) is 52.0 Å². The zero-order valence-electron chi connectivity index (χ0n) is 10.9. The first-order valence-electron chi connectivity index (χ1n) is 6.68. The summed E-state index contributed by atoms with van der Waals surface area (Å²) in [5.74, 6) is 2.45. The van der Waals surface area contributed by atoms with Crippen molar-refractivity contribution in [1.82, 2.24) is 5.16 Å². The number of nitrogens with two attached hydrogens (primary N) is 1. The third-order valence-corrected chi connectivity index (χ3v) is 4.33. The minimum atomic E-state index is 0.426. The van der Waals surface area contributed by atoms with Gasteiger partial charge in [-0.3, -0.25) is 0 Å². The molecule has 1 fully saturated rings. The SMILES string of the molecule is CC1CCCC1c1onc(N)c1-c1ccc(Cl)cc1. The second-order valence-corrected chi connectivity index (χ2v) is 5.77. The Balaban J connectivity index is 2.05. The van der Waals surface area contributed by atoms with Crippen LogP contribution in [-0.2, 0) is 0 Å². The molecule has 0 saturated heterocycles. The summed E-state index contributed by atoms with van der Waals surface area (Å²) < 4.78 is 5.53. The normalized spacial score (nSPS) is 22.8. The highest BCUT2D eigenvalue weighted by Gasteiger charge is 2.31. The lowest BCUT2D eigenvalue weighted by atomic mass is 9.91. The molecule has 0 amide bonds. The van der Waals surface area contributed by atoms with Gasteiger partial charge in [0.05, 0.1) is 5.56 Å². The van der Waals surface area contributed by atoms with Crippen LogP contribution >= 0.6 is 11.6 Å². The number of nitrogen functional groups attached to an aromatic ring is 1. The Kier molecular flexibility index (Phi) is 3.23. The van der Waals surface area contributed by atoms with E-state index >= 15 is 0 Å². The van der Waals surface area contributed by atoms with Crippen molar-refractivity contribution in [3.63, 3.8) is 0 Å². The van der Waals surface area contributed by atoms with Gasteiger partial charge >= 0.3 is 0 Å². The summed E-state index contributed by atoms with van der Waals surface area (Å²) in [5.41, 5.74) is 7.95. The van der Waals surface area contributed by atoms with E-state index in [1.54, 1.807) is 0 Å². The lowest BCUT2D eigenvalue weighted by Gasteiger charge is -2.13. The van der Waals surface area contributed by atoms with E-state index in [9.17, 15) is 0 Å². The molecule has 0 spiro atoms. The minimum absolute atomic E-state index is 0.426. The molecule has 2 aromatic rings. The Labute approximate surface area is 117 Å². The molecule has 4 heteroatoms. The fourth-order valence-corrected chi connectivity index (χ4v) is 3.14. The zero-order chi connectivity index (χ0) is 13.4. The molecular formula is C15H17ClN2O. The van der Waals surface area contributed by atoms with Crippen molar-refractivity contribution < 1.29 is 4.52 Å². The van der Waals surface area contributed by atoms with Crippen LogP contribution in [0.15, 0.2) is 28.8 Å². The monoisotopic (exact) mass is 276 g/mol. The van der Waals surface area contributed by atoms with Gasteiger partial charge in [0.15, 0.2) is 5.82 Å². The average Bonchev–Trinajstić information content (AvgIpc) is 2.97. The van der Waals surface area contributed by atoms with Crippen LogP contribution in [0.25, 0.3) is 11.1 Å². The maximum atomic E-state index is 5.99. The van der Waals surface area contributed by atoms with Crippen LogP contribution in [0.5, 0.6) is 0 Å². The molecule has 1 aliphatic carbocycles. The van der Waals surface area contributed by atoms with Crippen molar-refractivity contribution >= 4 is 17.4 Å². The maximum absolute atomic E-state index is 5.99. The zero-order valence-corrected chi connectivity index (χ0v) is 11.7. The summed E-state index contributed by atoms with van der Waals surface area (Å²) in [5, 5.41) is 4.68. The molecule has 0 bridgehead atoms. The predicted octanol–water partition coefficient (Wildman–Crippen LogP) is 4.48. The number of hydrogen-bond donors (Lipinski definition) is 1. The predicted molar refractivity (Wildman–Crippen MR) is 77.1 cm³/mol. The lowest BCUT2D eigenvalue weighted by Crippen LogP contribution is -2.02. The van der Waals surface area contributed by atoms with Gasteiger partial charge in [-0.25, -0.2) is 0 Å². The minimum Gasteiger partial charge on any atom is -0.380 e. The van der Waals surface area contributed by atoms with E-state index in [-0.39, 0.29) is 0 Å². The Bertz CT molecular complexity index is 576. The number of aromatic nitrogens is 1. The van der Waals surface area contributed by atoms with Crippen molar-refractivity contribution in [1.29, 1.82) is 0 Å². The lowest BCUT2D eigenvalue weighted by molar-refractivity contribution is 0.341. The number of anilines is 1. The second kappa shape index (κ2) is 4.89. The van der Waals surface area contributed by atoms with Crippen LogP contribution in [-0.4, -0.2) is 5.16 Å². The second-order valence-electron chi connectivity index (χ2n) is 5.33. The van der Waals surface area contributed by atoms with E-state index in [1.165, 1.54) is 12.8 Å². The number of nitrogens with zero attached hydrogens (tertiary/aromatic N) is 1. The highest BCUT2D eigenvalue weighted by molar-refractivity contribution is 6.30. The first kappa shape index (κ1) is 12.5. The summed E-state index contributed by atoms with van der Waals surface area (Å²) >= 11 is 5.93. The summed E-state index contributed by atoms with van der Waals surface area (Å²) in [6.07, 6.45) is 3.63. The van der Waals surface area contributed by atoms with Crippen LogP contribution in [0, 0.1) is 5.92 Å². The van der Waals surface area contributed by atoms with Gasteiger partial charge in [0.25, 0.3) is 0 Å². The van der Waals surface area contributed by atoms with Gasteiger partial charge in [-0.15, -0.1) is 0 Å². The van der Waals surface area contributed by atoms with E-state index in [0.717, 1.165) is 28.3 Å². The molecule has 2 atom stereocenters. The largest absolute Gasteiger partial charge is 0.380 e. The highest BCUT2D eigenvalue weighted by Crippen LogP contribution is 2.44. The van der Waals surface area contributed by atoms with Gasteiger partial charge in [-0.2, -0.15) is 0 Å². The van der Waals surface area contributed by atoms with E-state index in [2.05, 4.69) is 12.1 Å². The fraction of sp³-hybridized carbons (Fsp3) is 0.400. The summed E-state index contributed by atoms with van der Waals surface area (Å²) in [6.45, 7) is 2.27. The smallest absolute Gasteiger partial charge is 0.175 e. The molecule has 2 unspecified atom stereocenters. The number of halogens is 1. The molecule has 1 heterocycles. The molecule has 1 aromatic heterocycles. The van der Waals surface area contributed by atoms with Crippen LogP contribution in [0.2, 0.25) is 5.02 Å². The molecule has 0 aliphatic heterocycles. The first-order valence-corrected chi connectivity index (χ1v) is 7.05. The Morgan fingerprint density at radius 1 is 1.26 bits per heavy atom. The molecule has 1 aromatic carbocycles. The molecule has 19 heavy (non-hydrogen) atoms. The molecule has 1 saturated carbocycles. The Hall–Kier alpha value is -1.48. The Morgan fingerprint density at radius 3 is 2.63 bits per heavy atom. The van der Waals surface area contributed by atoms with Crippen LogP contribution in [0.1, 0.15) is 37.9 Å². The van der Waals surface area contributed by atoms with E-state index < -0.39 is 0 Å². The van der Waals surface area contributed by atoms with Crippen LogP contribution in [0.4, 0.5) is 5.82 Å². The highest BCUT2D eigenvalue weighted by atomic mass is 35.5. The average molecular weight is 277 g/mol. The number of benzene rings is 1. The molecule has 1 aliphatic rings. The molecule has 2 N–H and O–H groups in total. The summed E-state index contributed by atoms with van der Waals surface area (Å²) in [7, 11) is 0. The third kappa shape index (κ3) is 2.23. The van der Waals surface area contributed by atoms with Gasteiger partial charge in [-0.1, -0.05) is 42.2 Å². The van der Waals surface area contributed by atoms with Crippen LogP contribution in [0.3, 0.4) is 0 Å². The van der Waals surface area contributed by atoms with Crippen molar-refractivity contribution in [3.8, 4) is 11.1 Å². The molecule has 0 radical (unpaired) electrons. The van der Waals surface area contributed by atoms with E-state index in [0.29, 0.717) is 17.7 Å². The molecule has 100 valence electrons. The first-order chi connectivity index (χ1) is 9.16. The van der Waals surface area contributed by atoms with Crippen molar-refractivity contribution in [3.05, 3.63) is 35.0 Å². The third-order valence-electron chi connectivity index (χ3n) is 4.08. The van der Waals surface area contributed by atoms with Gasteiger partial charge in [-0.05, 0) is 36.5 Å². The molecular weight excluding hydrogens is 260 g/mol. The molecule has 3 nitrogen and oxygen atoms in total. The van der Waals surface area contributed by atoms with Crippen molar-refractivity contribution in [2.45, 2.75) is 32.1 Å². The van der Waals surface area contributed by atoms with Crippen LogP contribution < -0.4 is 5.73 Å². The van der Waals surface area contributed by atoms with Crippen molar-refractivity contribution in [2.75, 3.05) is 5.73 Å². The Morgan fingerprint density at radius 2 is 2.00 bits per heavy atom. The standard InChI is InChI=1S/C15H17ClN2O/c1-9-3-2-4-12(9)14-13(15(17)18-19-14)10-5-7-11(16)8-6-10/h5-9,12H,2-4H2,1H3,(H2,17,18). The fourth-order valence-electron chi connectivity index (χ4n) is 3.01. The summed E-state index contributed by atoms with van der Waals surface area (Å²) in [4.78, 5) is 0. The van der Waals surface area contributed by atoms with E-state index in [1.807, 2.05) is 24.3 Å². The molecule has 3 rings (SSSR count). The maximum Gasteiger partial charge on any atom is 0.175 e. The summed E-state index contributed by atoms with van der Waals surface area (Å²) in [6, 6.07) is 7.67. The van der Waals surface area contributed by atoms with Gasteiger partial charge in [0, 0.05) is 10.9 Å².